The molecule has 2 rings (SSSR count). The van der Waals surface area contributed by atoms with E-state index in [2.05, 4.69) is 10.2 Å². The molecule has 0 radical (unpaired) electrons. The van der Waals surface area contributed by atoms with Crippen LogP contribution in [0.1, 0.15) is 16.7 Å². The standard InChI is InChI=1S/C12H13FN2O/c1-8-2-3-9(6-11(8)13)4-5-10-7-14-15-12(10)16/h2-3,6-7H,4-5H2,1H3,(H2,14,15,16). The van der Waals surface area contributed by atoms with E-state index in [4.69, 9.17) is 0 Å². The minimum absolute atomic E-state index is 0.104. The minimum Gasteiger partial charge on any atom is -0.305 e. The Bertz CT molecular complexity index is 542. The molecule has 84 valence electrons. The molecule has 1 heterocycles. The molecule has 0 unspecified atom stereocenters. The van der Waals surface area contributed by atoms with Crippen molar-refractivity contribution in [1.29, 1.82) is 0 Å². The molecule has 1 aromatic carbocycles. The van der Waals surface area contributed by atoms with E-state index in [0.29, 0.717) is 24.0 Å². The number of halogens is 1. The number of nitrogens with one attached hydrogen (secondary N) is 2. The van der Waals surface area contributed by atoms with Crippen molar-refractivity contribution in [3.8, 4) is 0 Å². The van der Waals surface area contributed by atoms with Crippen molar-refractivity contribution >= 4 is 0 Å². The second-order valence-electron chi connectivity index (χ2n) is 3.85. The molecule has 0 saturated heterocycles. The van der Waals surface area contributed by atoms with Crippen LogP contribution in [0.25, 0.3) is 0 Å². The number of aromatic nitrogens is 2. The number of aromatic amines is 2. The Morgan fingerprint density at radius 2 is 2.12 bits per heavy atom. The Morgan fingerprint density at radius 3 is 2.75 bits per heavy atom. The van der Waals surface area contributed by atoms with Gasteiger partial charge < -0.3 is 5.10 Å². The Kier molecular flexibility index (Phi) is 2.90. The summed E-state index contributed by atoms with van der Waals surface area (Å²) in [6.45, 7) is 1.73. The van der Waals surface area contributed by atoms with E-state index in [1.807, 2.05) is 6.07 Å². The monoisotopic (exact) mass is 220 g/mol. The zero-order valence-electron chi connectivity index (χ0n) is 9.01. The molecule has 0 amide bonds. The largest absolute Gasteiger partial charge is 0.305 e. The van der Waals surface area contributed by atoms with Crippen molar-refractivity contribution in [2.45, 2.75) is 19.8 Å². The summed E-state index contributed by atoms with van der Waals surface area (Å²) >= 11 is 0. The van der Waals surface area contributed by atoms with Gasteiger partial charge in [-0.15, -0.1) is 0 Å². The van der Waals surface area contributed by atoms with Gasteiger partial charge in [0.25, 0.3) is 5.56 Å². The molecule has 0 saturated carbocycles. The number of hydrogen-bond acceptors (Lipinski definition) is 1. The van der Waals surface area contributed by atoms with E-state index in [1.165, 1.54) is 6.07 Å². The van der Waals surface area contributed by atoms with Gasteiger partial charge in [-0.1, -0.05) is 12.1 Å². The van der Waals surface area contributed by atoms with Gasteiger partial charge in [0.1, 0.15) is 5.82 Å². The summed E-state index contributed by atoms with van der Waals surface area (Å²) < 4.78 is 13.3. The second kappa shape index (κ2) is 4.35. The zero-order valence-corrected chi connectivity index (χ0v) is 9.01. The minimum atomic E-state index is -0.194. The predicted molar refractivity (Wildman–Crippen MR) is 60.0 cm³/mol. The lowest BCUT2D eigenvalue weighted by molar-refractivity contribution is 0.616. The van der Waals surface area contributed by atoms with E-state index in [-0.39, 0.29) is 11.4 Å². The van der Waals surface area contributed by atoms with Crippen LogP contribution in [0.2, 0.25) is 0 Å². The van der Waals surface area contributed by atoms with Crippen LogP contribution in [0.3, 0.4) is 0 Å². The van der Waals surface area contributed by atoms with Crippen LogP contribution in [0.15, 0.2) is 29.2 Å². The maximum atomic E-state index is 13.3. The Morgan fingerprint density at radius 1 is 1.31 bits per heavy atom. The molecule has 0 atom stereocenters. The molecular formula is C12H13FN2O. The quantitative estimate of drug-likeness (QED) is 0.815. The summed E-state index contributed by atoms with van der Waals surface area (Å²) in [7, 11) is 0. The molecule has 0 aliphatic rings. The first kappa shape index (κ1) is 10.7. The van der Waals surface area contributed by atoms with Gasteiger partial charge in [0.15, 0.2) is 0 Å². The van der Waals surface area contributed by atoms with Crippen LogP contribution < -0.4 is 5.56 Å². The summed E-state index contributed by atoms with van der Waals surface area (Å²) in [5.41, 5.74) is 2.14. The third-order valence-corrected chi connectivity index (χ3v) is 2.64. The Hall–Kier alpha value is -1.84. The predicted octanol–water partition coefficient (Wildman–Crippen LogP) is 1.94. The molecule has 4 heteroatoms. The van der Waals surface area contributed by atoms with Gasteiger partial charge in [-0.25, -0.2) is 4.39 Å². The van der Waals surface area contributed by atoms with Crippen molar-refractivity contribution in [3.05, 3.63) is 57.3 Å². The highest BCUT2D eigenvalue weighted by Gasteiger charge is 2.03. The van der Waals surface area contributed by atoms with Gasteiger partial charge in [-0.2, -0.15) is 0 Å². The van der Waals surface area contributed by atoms with E-state index in [1.54, 1.807) is 19.2 Å². The van der Waals surface area contributed by atoms with Gasteiger partial charge in [0, 0.05) is 11.8 Å². The van der Waals surface area contributed by atoms with Crippen molar-refractivity contribution in [3.63, 3.8) is 0 Å². The van der Waals surface area contributed by atoms with Gasteiger partial charge in [-0.05, 0) is 37.0 Å². The smallest absolute Gasteiger partial charge is 0.267 e. The van der Waals surface area contributed by atoms with Crippen molar-refractivity contribution in [1.82, 2.24) is 10.2 Å². The number of rotatable bonds is 3. The van der Waals surface area contributed by atoms with Crippen molar-refractivity contribution in [2.75, 3.05) is 0 Å². The first-order chi connectivity index (χ1) is 7.66. The average molecular weight is 220 g/mol. The molecule has 2 N–H and O–H groups in total. The van der Waals surface area contributed by atoms with Gasteiger partial charge in [0.2, 0.25) is 0 Å². The van der Waals surface area contributed by atoms with Crippen LogP contribution in [-0.2, 0) is 12.8 Å². The number of hydrogen-bond donors (Lipinski definition) is 2. The van der Waals surface area contributed by atoms with E-state index >= 15 is 0 Å². The van der Waals surface area contributed by atoms with Gasteiger partial charge in [-0.3, -0.25) is 9.89 Å². The van der Waals surface area contributed by atoms with Crippen molar-refractivity contribution in [2.24, 2.45) is 0 Å². The van der Waals surface area contributed by atoms with Gasteiger partial charge >= 0.3 is 0 Å². The average Bonchev–Trinajstić information content (AvgIpc) is 2.66. The SMILES string of the molecule is Cc1ccc(CCc2c[nH][nH]c2=O)cc1F. The molecule has 0 aliphatic carbocycles. The van der Waals surface area contributed by atoms with E-state index in [0.717, 1.165) is 5.56 Å². The fourth-order valence-corrected chi connectivity index (χ4v) is 1.59. The number of aryl methyl sites for hydroxylation is 3. The summed E-state index contributed by atoms with van der Waals surface area (Å²) in [5, 5.41) is 5.11. The molecular weight excluding hydrogens is 207 g/mol. The van der Waals surface area contributed by atoms with Crippen LogP contribution in [0, 0.1) is 12.7 Å². The number of benzene rings is 1. The fraction of sp³-hybridized carbons (Fsp3) is 0.250. The zero-order chi connectivity index (χ0) is 11.5. The van der Waals surface area contributed by atoms with E-state index in [9.17, 15) is 9.18 Å². The second-order valence-corrected chi connectivity index (χ2v) is 3.85. The third-order valence-electron chi connectivity index (χ3n) is 2.64. The molecule has 3 nitrogen and oxygen atoms in total. The molecule has 16 heavy (non-hydrogen) atoms. The molecule has 0 aliphatic heterocycles. The molecule has 1 aromatic heterocycles. The number of H-pyrrole nitrogens is 2. The molecule has 0 bridgehead atoms. The fourth-order valence-electron chi connectivity index (χ4n) is 1.59. The van der Waals surface area contributed by atoms with Crippen molar-refractivity contribution < 1.29 is 4.39 Å². The lowest BCUT2D eigenvalue weighted by atomic mass is 10.1. The molecule has 2 aromatic rings. The third kappa shape index (κ3) is 2.21. The highest BCUT2D eigenvalue weighted by atomic mass is 19.1. The highest BCUT2D eigenvalue weighted by molar-refractivity contribution is 5.24. The van der Waals surface area contributed by atoms with Crippen LogP contribution in [0.4, 0.5) is 4.39 Å². The van der Waals surface area contributed by atoms with Gasteiger partial charge in [0.05, 0.1) is 0 Å². The lowest BCUT2D eigenvalue weighted by Crippen LogP contribution is -2.06. The topological polar surface area (TPSA) is 48.6 Å². The Labute approximate surface area is 92.3 Å². The normalized spacial score (nSPS) is 10.6. The first-order valence-corrected chi connectivity index (χ1v) is 5.17. The summed E-state index contributed by atoms with van der Waals surface area (Å²) in [6.07, 6.45) is 2.92. The maximum absolute atomic E-state index is 13.3. The van der Waals surface area contributed by atoms with Crippen LogP contribution >= 0.6 is 0 Å². The van der Waals surface area contributed by atoms with Crippen LogP contribution in [0.5, 0.6) is 0 Å². The van der Waals surface area contributed by atoms with E-state index < -0.39 is 0 Å². The van der Waals surface area contributed by atoms with Crippen LogP contribution in [-0.4, -0.2) is 10.2 Å². The molecule has 0 fully saturated rings. The summed E-state index contributed by atoms with van der Waals surface area (Å²) in [4.78, 5) is 11.2. The summed E-state index contributed by atoms with van der Waals surface area (Å²) in [5.74, 6) is -0.194. The molecule has 0 spiro atoms. The summed E-state index contributed by atoms with van der Waals surface area (Å²) in [6, 6.07) is 5.17. The Balaban J connectivity index is 2.08. The first-order valence-electron chi connectivity index (χ1n) is 5.17. The lowest BCUT2D eigenvalue weighted by Gasteiger charge is -2.01. The maximum Gasteiger partial charge on any atom is 0.267 e. The highest BCUT2D eigenvalue weighted by Crippen LogP contribution is 2.10.